The average molecular weight is 412 g/mol. The summed E-state index contributed by atoms with van der Waals surface area (Å²) in [5.74, 6) is -1.46. The lowest BCUT2D eigenvalue weighted by molar-refractivity contribution is -0.136. The fourth-order valence-corrected chi connectivity index (χ4v) is 3.21. The third-order valence-corrected chi connectivity index (χ3v) is 4.77. The average Bonchev–Trinajstić information content (AvgIpc) is 2.98. The van der Waals surface area contributed by atoms with Gasteiger partial charge >= 0.3 is 11.9 Å². The number of allylic oxidation sites excluding steroid dienone is 1. The van der Waals surface area contributed by atoms with Gasteiger partial charge in [0, 0.05) is 16.4 Å². The number of rotatable bonds is 4. The van der Waals surface area contributed by atoms with E-state index in [1.165, 1.54) is 19.1 Å². The summed E-state index contributed by atoms with van der Waals surface area (Å²) >= 11 is 5.92. The van der Waals surface area contributed by atoms with Crippen LogP contribution in [0.2, 0.25) is 5.02 Å². The predicted octanol–water partition coefficient (Wildman–Crippen LogP) is 4.00. The van der Waals surface area contributed by atoms with Crippen molar-refractivity contribution in [2.45, 2.75) is 6.92 Å². The second kappa shape index (κ2) is 8.32. The third-order valence-electron chi connectivity index (χ3n) is 4.52. The molecule has 0 radical (unpaired) electrons. The van der Waals surface area contributed by atoms with Gasteiger partial charge in [0.15, 0.2) is 0 Å². The highest BCUT2D eigenvalue weighted by Crippen LogP contribution is 2.35. The number of ether oxygens (including phenoxy) is 2. The van der Waals surface area contributed by atoms with Gasteiger partial charge < -0.3 is 9.47 Å². The van der Waals surface area contributed by atoms with Gasteiger partial charge in [-0.2, -0.15) is 0 Å². The highest BCUT2D eigenvalue weighted by Gasteiger charge is 2.37. The zero-order valence-electron chi connectivity index (χ0n) is 16.1. The quantitative estimate of drug-likeness (QED) is 0.561. The second-order valence-electron chi connectivity index (χ2n) is 6.24. The molecule has 1 heterocycles. The standard InChI is InChI=1S/C22H18ClNO5/c1-13-19(22(27)29-3)18(12-14-4-8-16(23)9-5-14)20(25)24(13)17-10-6-15(7-11-17)21(26)28-2/h4-12H,1-3H3/b18-12-. The summed E-state index contributed by atoms with van der Waals surface area (Å²) in [5.41, 5.74) is 2.43. The van der Waals surface area contributed by atoms with E-state index in [1.807, 2.05) is 0 Å². The minimum atomic E-state index is -0.607. The largest absolute Gasteiger partial charge is 0.465 e. The van der Waals surface area contributed by atoms with Crippen molar-refractivity contribution in [3.8, 4) is 0 Å². The van der Waals surface area contributed by atoms with Crippen molar-refractivity contribution in [2.75, 3.05) is 19.1 Å². The smallest absolute Gasteiger partial charge is 0.340 e. The molecule has 0 fully saturated rings. The van der Waals surface area contributed by atoms with E-state index in [1.54, 1.807) is 61.5 Å². The Morgan fingerprint density at radius 3 is 2.07 bits per heavy atom. The van der Waals surface area contributed by atoms with Gasteiger partial charge in [-0.25, -0.2) is 9.59 Å². The van der Waals surface area contributed by atoms with Crippen LogP contribution in [0.5, 0.6) is 0 Å². The molecule has 6 nitrogen and oxygen atoms in total. The van der Waals surface area contributed by atoms with Crippen LogP contribution in [0, 0.1) is 0 Å². The van der Waals surface area contributed by atoms with Crippen LogP contribution in [-0.4, -0.2) is 32.1 Å². The fraction of sp³-hybridized carbons (Fsp3) is 0.136. The summed E-state index contributed by atoms with van der Waals surface area (Å²) in [4.78, 5) is 38.6. The van der Waals surface area contributed by atoms with E-state index >= 15 is 0 Å². The zero-order chi connectivity index (χ0) is 21.1. The molecule has 0 saturated carbocycles. The molecule has 2 aromatic rings. The number of halogens is 1. The lowest BCUT2D eigenvalue weighted by Gasteiger charge is -2.18. The molecule has 0 aliphatic carbocycles. The Kier molecular flexibility index (Phi) is 5.84. The molecule has 1 aliphatic rings. The SMILES string of the molecule is COC(=O)C1=C(C)N(c2ccc(C(=O)OC)cc2)C(=O)/C1=C\c1ccc(Cl)cc1. The van der Waals surface area contributed by atoms with Crippen LogP contribution in [-0.2, 0) is 19.1 Å². The minimum Gasteiger partial charge on any atom is -0.465 e. The van der Waals surface area contributed by atoms with Crippen LogP contribution in [0.1, 0.15) is 22.8 Å². The first-order valence-electron chi connectivity index (χ1n) is 8.67. The van der Waals surface area contributed by atoms with Crippen molar-refractivity contribution in [1.29, 1.82) is 0 Å². The van der Waals surface area contributed by atoms with E-state index in [-0.39, 0.29) is 17.1 Å². The molecule has 0 aromatic heterocycles. The lowest BCUT2D eigenvalue weighted by Crippen LogP contribution is -2.24. The number of hydrogen-bond donors (Lipinski definition) is 0. The molecular formula is C22H18ClNO5. The van der Waals surface area contributed by atoms with Crippen LogP contribution in [0.3, 0.4) is 0 Å². The molecule has 3 rings (SSSR count). The number of hydrogen-bond acceptors (Lipinski definition) is 5. The summed E-state index contributed by atoms with van der Waals surface area (Å²) < 4.78 is 9.58. The minimum absolute atomic E-state index is 0.185. The van der Waals surface area contributed by atoms with Crippen LogP contribution in [0.4, 0.5) is 5.69 Å². The number of methoxy groups -OCH3 is 2. The molecule has 2 aromatic carbocycles. The number of amides is 1. The van der Waals surface area contributed by atoms with Crippen molar-refractivity contribution in [2.24, 2.45) is 0 Å². The van der Waals surface area contributed by atoms with Gasteiger partial charge in [0.25, 0.3) is 5.91 Å². The fourth-order valence-electron chi connectivity index (χ4n) is 3.08. The van der Waals surface area contributed by atoms with Gasteiger partial charge in [-0.05, 0) is 55.0 Å². The molecule has 0 bridgehead atoms. The molecule has 1 aliphatic heterocycles. The number of esters is 2. The number of carbonyl (C=O) groups excluding carboxylic acids is 3. The van der Waals surface area contributed by atoms with Gasteiger partial charge in [0.05, 0.1) is 30.9 Å². The van der Waals surface area contributed by atoms with Crippen molar-refractivity contribution in [3.63, 3.8) is 0 Å². The van der Waals surface area contributed by atoms with Gasteiger partial charge in [-0.15, -0.1) is 0 Å². The van der Waals surface area contributed by atoms with Crippen molar-refractivity contribution in [3.05, 3.63) is 81.5 Å². The molecule has 7 heteroatoms. The number of nitrogens with zero attached hydrogens (tertiary/aromatic N) is 1. The van der Waals surface area contributed by atoms with Gasteiger partial charge in [-0.3, -0.25) is 9.69 Å². The van der Waals surface area contributed by atoms with E-state index in [0.29, 0.717) is 22.0 Å². The number of benzene rings is 2. The summed E-state index contributed by atoms with van der Waals surface area (Å²) in [6, 6.07) is 13.2. The molecule has 0 N–H and O–H groups in total. The maximum Gasteiger partial charge on any atom is 0.340 e. The predicted molar refractivity (Wildman–Crippen MR) is 109 cm³/mol. The Bertz CT molecular complexity index is 1040. The highest BCUT2D eigenvalue weighted by atomic mass is 35.5. The number of anilines is 1. The number of carbonyl (C=O) groups is 3. The molecule has 0 spiro atoms. The summed E-state index contributed by atoms with van der Waals surface area (Å²) in [6.45, 7) is 1.67. The molecule has 0 unspecified atom stereocenters. The van der Waals surface area contributed by atoms with E-state index in [0.717, 1.165) is 5.56 Å². The third kappa shape index (κ3) is 3.93. The summed E-state index contributed by atoms with van der Waals surface area (Å²) in [5, 5.41) is 0.567. The molecule has 29 heavy (non-hydrogen) atoms. The lowest BCUT2D eigenvalue weighted by atomic mass is 10.0. The Hall–Kier alpha value is -3.38. The Morgan fingerprint density at radius 2 is 1.52 bits per heavy atom. The maximum atomic E-state index is 13.2. The van der Waals surface area contributed by atoms with E-state index in [4.69, 9.17) is 21.1 Å². The van der Waals surface area contributed by atoms with Crippen LogP contribution in [0.25, 0.3) is 6.08 Å². The van der Waals surface area contributed by atoms with Gasteiger partial charge in [0.1, 0.15) is 0 Å². The highest BCUT2D eigenvalue weighted by molar-refractivity contribution is 6.30. The molecular weight excluding hydrogens is 394 g/mol. The van der Waals surface area contributed by atoms with E-state index < -0.39 is 11.9 Å². The Labute approximate surface area is 173 Å². The second-order valence-corrected chi connectivity index (χ2v) is 6.68. The van der Waals surface area contributed by atoms with Gasteiger partial charge in [0.2, 0.25) is 0 Å². The topological polar surface area (TPSA) is 72.9 Å². The Balaban J connectivity index is 2.06. The monoisotopic (exact) mass is 411 g/mol. The molecule has 0 saturated heterocycles. The first-order valence-corrected chi connectivity index (χ1v) is 9.04. The first kappa shape index (κ1) is 20.4. The molecule has 148 valence electrons. The zero-order valence-corrected chi connectivity index (χ0v) is 16.8. The van der Waals surface area contributed by atoms with Crippen molar-refractivity contribution < 1.29 is 23.9 Å². The van der Waals surface area contributed by atoms with Crippen LogP contribution in [0.15, 0.2) is 65.4 Å². The summed E-state index contributed by atoms with van der Waals surface area (Å²) in [6.07, 6.45) is 1.62. The molecule has 0 atom stereocenters. The normalized spacial score (nSPS) is 15.1. The van der Waals surface area contributed by atoms with Crippen molar-refractivity contribution >= 4 is 41.2 Å². The van der Waals surface area contributed by atoms with Crippen LogP contribution < -0.4 is 4.90 Å². The molecule has 1 amide bonds. The summed E-state index contributed by atoms with van der Waals surface area (Å²) in [7, 11) is 2.56. The van der Waals surface area contributed by atoms with E-state index in [9.17, 15) is 14.4 Å². The first-order chi connectivity index (χ1) is 13.9. The van der Waals surface area contributed by atoms with Crippen molar-refractivity contribution in [1.82, 2.24) is 0 Å². The van der Waals surface area contributed by atoms with Gasteiger partial charge in [-0.1, -0.05) is 23.7 Å². The Morgan fingerprint density at radius 1 is 0.931 bits per heavy atom. The van der Waals surface area contributed by atoms with E-state index in [2.05, 4.69) is 0 Å². The van der Waals surface area contributed by atoms with Crippen LogP contribution >= 0.6 is 11.6 Å². The maximum absolute atomic E-state index is 13.2.